The molecule has 0 bridgehead atoms. The van der Waals surface area contributed by atoms with Crippen LogP contribution in [0.4, 0.5) is 18.9 Å². The highest BCUT2D eigenvalue weighted by atomic mass is 32.2. The first-order valence-electron chi connectivity index (χ1n) is 8.57. The third-order valence-electron chi connectivity index (χ3n) is 4.31. The predicted octanol–water partition coefficient (Wildman–Crippen LogP) is 2.38. The number of hydrogen-bond acceptors (Lipinski definition) is 7. The average Bonchev–Trinajstić information content (AvgIpc) is 3.36. The van der Waals surface area contributed by atoms with Crippen LogP contribution in [0.5, 0.6) is 5.88 Å². The van der Waals surface area contributed by atoms with E-state index in [4.69, 9.17) is 4.74 Å². The second-order valence-corrected chi connectivity index (χ2v) is 8.00. The molecule has 0 spiro atoms. The summed E-state index contributed by atoms with van der Waals surface area (Å²) in [7, 11) is -1.15. The van der Waals surface area contributed by atoms with Crippen LogP contribution in [0.15, 0.2) is 47.9 Å². The molecule has 4 aromatic heterocycles. The smallest absolute Gasteiger partial charge is 0.435 e. The summed E-state index contributed by atoms with van der Waals surface area (Å²) in [5.41, 5.74) is -0.543. The van der Waals surface area contributed by atoms with Crippen molar-refractivity contribution in [2.75, 3.05) is 11.8 Å². The van der Waals surface area contributed by atoms with Gasteiger partial charge < -0.3 is 4.74 Å². The van der Waals surface area contributed by atoms with E-state index in [-0.39, 0.29) is 22.3 Å². The number of rotatable bonds is 5. The van der Waals surface area contributed by atoms with Crippen LogP contribution in [-0.2, 0) is 23.2 Å². The van der Waals surface area contributed by atoms with Crippen LogP contribution in [0.2, 0.25) is 0 Å². The highest BCUT2D eigenvalue weighted by Crippen LogP contribution is 2.32. The normalized spacial score (nSPS) is 12.3. The van der Waals surface area contributed by atoms with Crippen LogP contribution in [-0.4, -0.2) is 45.1 Å². The van der Waals surface area contributed by atoms with E-state index in [1.807, 2.05) is 0 Å². The zero-order chi connectivity index (χ0) is 22.4. The van der Waals surface area contributed by atoms with Gasteiger partial charge in [0.05, 0.1) is 18.8 Å². The SMILES string of the molecule is COc1ncc2cnn(C)c2c1NS(=O)(=O)c1ccc(-n2ccc(C(F)(F)F)n2)nc1. The maximum Gasteiger partial charge on any atom is 0.435 e. The maximum atomic E-state index is 12.9. The monoisotopic (exact) mass is 453 g/mol. The molecule has 0 aliphatic heterocycles. The fraction of sp³-hybridized carbons (Fsp3) is 0.176. The van der Waals surface area contributed by atoms with Crippen molar-refractivity contribution in [3.63, 3.8) is 0 Å². The van der Waals surface area contributed by atoms with Gasteiger partial charge in [0, 0.05) is 31.0 Å². The minimum atomic E-state index is -4.60. The average molecular weight is 453 g/mol. The first-order valence-corrected chi connectivity index (χ1v) is 10.1. The number of nitrogens with zero attached hydrogens (tertiary/aromatic N) is 6. The summed E-state index contributed by atoms with van der Waals surface area (Å²) in [6.45, 7) is 0. The lowest BCUT2D eigenvalue weighted by atomic mass is 10.3. The van der Waals surface area contributed by atoms with Gasteiger partial charge in [0.25, 0.3) is 10.0 Å². The van der Waals surface area contributed by atoms with Crippen molar-refractivity contribution < 1.29 is 26.3 Å². The molecule has 0 unspecified atom stereocenters. The van der Waals surface area contributed by atoms with Gasteiger partial charge in [-0.3, -0.25) is 9.40 Å². The molecule has 0 aliphatic carbocycles. The van der Waals surface area contributed by atoms with Gasteiger partial charge in [-0.15, -0.1) is 0 Å². The first kappa shape index (κ1) is 20.6. The summed E-state index contributed by atoms with van der Waals surface area (Å²) >= 11 is 0. The van der Waals surface area contributed by atoms with Crippen molar-refractivity contribution in [2.24, 2.45) is 7.05 Å². The fourth-order valence-electron chi connectivity index (χ4n) is 2.86. The van der Waals surface area contributed by atoms with E-state index in [0.29, 0.717) is 10.9 Å². The molecule has 1 N–H and O–H groups in total. The standard InChI is InChI=1S/C17H14F3N7O3S/c1-26-15-10(8-23-26)7-22-16(30-2)14(15)25-31(28,29)11-3-4-13(21-9-11)27-6-5-12(24-27)17(18,19)20/h3-9,25H,1-2H3. The molecule has 31 heavy (non-hydrogen) atoms. The molecule has 0 aliphatic rings. The Morgan fingerprint density at radius 3 is 2.48 bits per heavy atom. The van der Waals surface area contributed by atoms with Crippen molar-refractivity contribution in [3.8, 4) is 11.7 Å². The Bertz CT molecular complexity index is 1360. The number of aromatic nitrogens is 6. The van der Waals surface area contributed by atoms with E-state index in [1.165, 1.54) is 36.3 Å². The molecule has 4 aromatic rings. The molecule has 10 nitrogen and oxygen atoms in total. The quantitative estimate of drug-likeness (QED) is 0.493. The molecule has 0 amide bonds. The highest BCUT2D eigenvalue weighted by Gasteiger charge is 2.33. The number of anilines is 1. The number of nitrogens with one attached hydrogen (secondary N) is 1. The lowest BCUT2D eigenvalue weighted by molar-refractivity contribution is -0.141. The van der Waals surface area contributed by atoms with Gasteiger partial charge >= 0.3 is 6.18 Å². The van der Waals surface area contributed by atoms with Crippen LogP contribution in [0.25, 0.3) is 16.7 Å². The summed E-state index contributed by atoms with van der Waals surface area (Å²) in [5, 5.41) is 8.08. The van der Waals surface area contributed by atoms with E-state index in [2.05, 4.69) is 24.9 Å². The van der Waals surface area contributed by atoms with E-state index >= 15 is 0 Å². The van der Waals surface area contributed by atoms with Crippen molar-refractivity contribution in [1.82, 2.24) is 29.5 Å². The molecule has 0 atom stereocenters. The molecule has 4 heterocycles. The lowest BCUT2D eigenvalue weighted by Gasteiger charge is -2.13. The van der Waals surface area contributed by atoms with Gasteiger partial charge in [-0.2, -0.15) is 23.4 Å². The van der Waals surface area contributed by atoms with E-state index in [9.17, 15) is 21.6 Å². The largest absolute Gasteiger partial charge is 0.479 e. The zero-order valence-electron chi connectivity index (χ0n) is 16.0. The summed E-state index contributed by atoms with van der Waals surface area (Å²) in [4.78, 5) is 7.76. The van der Waals surface area contributed by atoms with Crippen LogP contribution in [0.3, 0.4) is 0 Å². The Morgan fingerprint density at radius 1 is 1.10 bits per heavy atom. The number of hydrogen-bond donors (Lipinski definition) is 1. The molecular formula is C17H14F3N7O3S. The number of ether oxygens (including phenoxy) is 1. The number of fused-ring (bicyclic) bond motifs is 1. The summed E-state index contributed by atoms with van der Waals surface area (Å²) in [6.07, 6.45) is 0.509. The van der Waals surface area contributed by atoms with Crippen molar-refractivity contribution in [3.05, 3.63) is 48.7 Å². The third kappa shape index (κ3) is 3.76. The molecule has 0 saturated heterocycles. The van der Waals surface area contributed by atoms with Crippen molar-refractivity contribution in [1.29, 1.82) is 0 Å². The number of alkyl halides is 3. The number of aryl methyl sites for hydroxylation is 1. The third-order valence-corrected chi connectivity index (χ3v) is 5.65. The van der Waals surface area contributed by atoms with Gasteiger partial charge in [-0.05, 0) is 18.2 Å². The molecule has 0 radical (unpaired) electrons. The van der Waals surface area contributed by atoms with Gasteiger partial charge in [0.1, 0.15) is 10.6 Å². The molecular weight excluding hydrogens is 439 g/mol. The number of halogens is 3. The minimum Gasteiger partial charge on any atom is -0.479 e. The van der Waals surface area contributed by atoms with Crippen LogP contribution in [0.1, 0.15) is 5.69 Å². The first-order chi connectivity index (χ1) is 14.6. The van der Waals surface area contributed by atoms with Gasteiger partial charge in [-0.1, -0.05) is 0 Å². The summed E-state index contributed by atoms with van der Waals surface area (Å²) in [6, 6.07) is 3.23. The molecule has 0 fully saturated rings. The summed E-state index contributed by atoms with van der Waals surface area (Å²) in [5.74, 6) is 0.0582. The van der Waals surface area contributed by atoms with Crippen LogP contribution < -0.4 is 9.46 Å². The summed E-state index contributed by atoms with van der Waals surface area (Å²) < 4.78 is 73.9. The Labute approximate surface area is 173 Å². The Morgan fingerprint density at radius 2 is 1.87 bits per heavy atom. The minimum absolute atomic E-state index is 0.0161. The van der Waals surface area contributed by atoms with Gasteiger partial charge in [0.15, 0.2) is 11.5 Å². The zero-order valence-corrected chi connectivity index (χ0v) is 16.8. The molecule has 162 valence electrons. The molecule has 0 aromatic carbocycles. The van der Waals surface area contributed by atoms with E-state index < -0.39 is 21.9 Å². The lowest BCUT2D eigenvalue weighted by Crippen LogP contribution is -2.15. The molecule has 14 heteroatoms. The van der Waals surface area contributed by atoms with Crippen LogP contribution in [0, 0.1) is 0 Å². The number of methoxy groups -OCH3 is 1. The van der Waals surface area contributed by atoms with E-state index in [1.54, 1.807) is 7.05 Å². The Kier molecular flexibility index (Phi) is 4.80. The second-order valence-electron chi connectivity index (χ2n) is 6.32. The Balaban J connectivity index is 1.67. The van der Waals surface area contributed by atoms with Gasteiger partial charge in [-0.25, -0.2) is 23.1 Å². The highest BCUT2D eigenvalue weighted by molar-refractivity contribution is 7.92. The Hall–Kier alpha value is -3.68. The number of pyridine rings is 2. The van der Waals surface area contributed by atoms with Crippen LogP contribution >= 0.6 is 0 Å². The van der Waals surface area contributed by atoms with Gasteiger partial charge in [0.2, 0.25) is 5.88 Å². The predicted molar refractivity (Wildman–Crippen MR) is 102 cm³/mol. The second kappa shape index (κ2) is 7.23. The maximum absolute atomic E-state index is 12.9. The van der Waals surface area contributed by atoms with E-state index in [0.717, 1.165) is 23.1 Å². The molecule has 0 saturated carbocycles. The fourth-order valence-corrected chi connectivity index (χ4v) is 3.87. The topological polar surface area (TPSA) is 117 Å². The van der Waals surface area contributed by atoms with Crippen molar-refractivity contribution >= 4 is 26.6 Å². The number of sulfonamides is 1. The van der Waals surface area contributed by atoms with Crippen molar-refractivity contribution in [2.45, 2.75) is 11.1 Å². The molecule has 4 rings (SSSR count).